The Morgan fingerprint density at radius 1 is 1.29 bits per heavy atom. The van der Waals surface area contributed by atoms with Crippen LogP contribution in [0.5, 0.6) is 0 Å². The molecule has 0 rings (SSSR count). The molecule has 0 heterocycles. The van der Waals surface area contributed by atoms with Gasteiger partial charge < -0.3 is 15.7 Å². The largest absolute Gasteiger partial charge is 0.481 e. The van der Waals surface area contributed by atoms with E-state index in [0.717, 1.165) is 12.8 Å². The van der Waals surface area contributed by atoms with Gasteiger partial charge in [0.1, 0.15) is 0 Å². The lowest BCUT2D eigenvalue weighted by molar-refractivity contribution is -0.137. The number of rotatable bonds is 9. The summed E-state index contributed by atoms with van der Waals surface area (Å²) in [5.41, 5.74) is 5.57. The first-order valence-electron chi connectivity index (χ1n) is 6.04. The standard InChI is InChI=1S/C11H24NO4P/c1-9(2)5-3-4-8-17(15,16)10(12)6-7-11(13)14/h9-10H,3-8,12H2,1-2H3,(H,13,14)(H,15,16). The Kier molecular flexibility index (Phi) is 7.68. The Hall–Kier alpha value is -0.380. The number of aliphatic carboxylic acids is 1. The van der Waals surface area contributed by atoms with Crippen molar-refractivity contribution in [1.29, 1.82) is 0 Å². The van der Waals surface area contributed by atoms with Crippen molar-refractivity contribution >= 4 is 13.3 Å². The van der Waals surface area contributed by atoms with Crippen LogP contribution < -0.4 is 5.73 Å². The third-order valence-corrected chi connectivity index (χ3v) is 4.93. The van der Waals surface area contributed by atoms with E-state index in [-0.39, 0.29) is 19.0 Å². The highest BCUT2D eigenvalue weighted by molar-refractivity contribution is 7.58. The van der Waals surface area contributed by atoms with Gasteiger partial charge in [0, 0.05) is 12.6 Å². The van der Waals surface area contributed by atoms with E-state index >= 15 is 0 Å². The molecule has 0 fully saturated rings. The van der Waals surface area contributed by atoms with Gasteiger partial charge in [-0.05, 0) is 18.8 Å². The molecular formula is C11H24NO4P. The van der Waals surface area contributed by atoms with E-state index < -0.39 is 19.1 Å². The summed E-state index contributed by atoms with van der Waals surface area (Å²) in [6.07, 6.45) is 2.72. The topological polar surface area (TPSA) is 101 Å². The van der Waals surface area contributed by atoms with Crippen LogP contribution in [0.1, 0.15) is 46.0 Å². The summed E-state index contributed by atoms with van der Waals surface area (Å²) < 4.78 is 11.8. The molecule has 2 atom stereocenters. The summed E-state index contributed by atoms with van der Waals surface area (Å²) in [6, 6.07) is 0. The summed E-state index contributed by atoms with van der Waals surface area (Å²) in [6.45, 7) is 4.22. The number of unbranched alkanes of at least 4 members (excludes halogenated alkanes) is 1. The molecule has 2 unspecified atom stereocenters. The van der Waals surface area contributed by atoms with Crippen molar-refractivity contribution in [3.05, 3.63) is 0 Å². The van der Waals surface area contributed by atoms with Gasteiger partial charge in [-0.2, -0.15) is 0 Å². The lowest BCUT2D eigenvalue weighted by atomic mass is 10.1. The van der Waals surface area contributed by atoms with Crippen molar-refractivity contribution in [3.63, 3.8) is 0 Å². The minimum atomic E-state index is -3.39. The molecule has 0 aromatic rings. The molecule has 0 aromatic heterocycles. The maximum absolute atomic E-state index is 11.8. The average Bonchev–Trinajstić information content (AvgIpc) is 2.20. The van der Waals surface area contributed by atoms with Gasteiger partial charge in [-0.15, -0.1) is 0 Å². The van der Waals surface area contributed by atoms with Crippen molar-refractivity contribution in [3.8, 4) is 0 Å². The van der Waals surface area contributed by atoms with Gasteiger partial charge in [0.15, 0.2) is 0 Å². The smallest absolute Gasteiger partial charge is 0.303 e. The maximum Gasteiger partial charge on any atom is 0.303 e. The molecule has 4 N–H and O–H groups in total. The van der Waals surface area contributed by atoms with Crippen LogP contribution in [0.2, 0.25) is 0 Å². The van der Waals surface area contributed by atoms with Gasteiger partial charge in [-0.25, -0.2) is 0 Å². The fourth-order valence-electron chi connectivity index (χ4n) is 1.53. The first-order chi connectivity index (χ1) is 7.75. The van der Waals surface area contributed by atoms with Crippen LogP contribution in [-0.2, 0) is 9.36 Å². The number of carboxylic acid groups (broad SMARTS) is 1. The zero-order valence-corrected chi connectivity index (χ0v) is 11.5. The Balaban J connectivity index is 3.92. The molecule has 0 bridgehead atoms. The highest BCUT2D eigenvalue weighted by Gasteiger charge is 2.27. The molecule has 0 aliphatic carbocycles. The van der Waals surface area contributed by atoms with E-state index in [1.807, 2.05) is 0 Å². The summed E-state index contributed by atoms with van der Waals surface area (Å²) >= 11 is 0. The van der Waals surface area contributed by atoms with Gasteiger partial charge in [0.05, 0.1) is 5.78 Å². The lowest BCUT2D eigenvalue weighted by Gasteiger charge is -2.18. The zero-order chi connectivity index (χ0) is 13.5. The van der Waals surface area contributed by atoms with E-state index in [1.54, 1.807) is 0 Å². The maximum atomic E-state index is 11.8. The lowest BCUT2D eigenvalue weighted by Crippen LogP contribution is -2.22. The second-order valence-corrected chi connectivity index (χ2v) is 7.49. The van der Waals surface area contributed by atoms with Gasteiger partial charge in [0.25, 0.3) is 0 Å². The van der Waals surface area contributed by atoms with E-state index in [9.17, 15) is 14.3 Å². The van der Waals surface area contributed by atoms with Crippen LogP contribution in [0, 0.1) is 5.92 Å². The van der Waals surface area contributed by atoms with Crippen LogP contribution in [0.4, 0.5) is 0 Å². The highest BCUT2D eigenvalue weighted by Crippen LogP contribution is 2.46. The molecule has 17 heavy (non-hydrogen) atoms. The van der Waals surface area contributed by atoms with Gasteiger partial charge in [-0.1, -0.05) is 26.7 Å². The predicted octanol–water partition coefficient (Wildman–Crippen LogP) is 2.23. The van der Waals surface area contributed by atoms with Crippen molar-refractivity contribution in [2.75, 3.05) is 6.16 Å². The van der Waals surface area contributed by atoms with E-state index in [1.165, 1.54) is 0 Å². The SMILES string of the molecule is CC(C)CCCCP(=O)(O)C(N)CCC(=O)O. The number of hydrogen-bond acceptors (Lipinski definition) is 3. The fraction of sp³-hybridized carbons (Fsp3) is 0.909. The van der Waals surface area contributed by atoms with Gasteiger partial charge in [-0.3, -0.25) is 9.36 Å². The predicted molar refractivity (Wildman–Crippen MR) is 68.2 cm³/mol. The number of carboxylic acids is 1. The zero-order valence-electron chi connectivity index (χ0n) is 10.6. The molecule has 6 heteroatoms. The van der Waals surface area contributed by atoms with E-state index in [4.69, 9.17) is 10.8 Å². The van der Waals surface area contributed by atoms with Crippen LogP contribution in [-0.4, -0.2) is 27.9 Å². The number of hydrogen-bond donors (Lipinski definition) is 3. The Morgan fingerprint density at radius 3 is 2.35 bits per heavy atom. The summed E-state index contributed by atoms with van der Waals surface area (Å²) in [4.78, 5) is 20.0. The van der Waals surface area contributed by atoms with Crippen LogP contribution in [0.3, 0.4) is 0 Å². The van der Waals surface area contributed by atoms with Crippen LogP contribution in [0.15, 0.2) is 0 Å². The summed E-state index contributed by atoms with van der Waals surface area (Å²) in [5.74, 6) is -1.30. The first-order valence-corrected chi connectivity index (χ1v) is 7.96. The Morgan fingerprint density at radius 2 is 1.88 bits per heavy atom. The molecule has 0 aliphatic rings. The molecule has 0 saturated heterocycles. The Bertz CT molecular complexity index is 281. The van der Waals surface area contributed by atoms with E-state index in [2.05, 4.69) is 13.8 Å². The third-order valence-electron chi connectivity index (χ3n) is 2.68. The highest BCUT2D eigenvalue weighted by atomic mass is 31.2. The average molecular weight is 265 g/mol. The molecule has 102 valence electrons. The first kappa shape index (κ1) is 16.6. The quantitative estimate of drug-likeness (QED) is 0.438. The van der Waals surface area contributed by atoms with Gasteiger partial charge in [0.2, 0.25) is 7.37 Å². The molecule has 0 saturated carbocycles. The fourth-order valence-corrected chi connectivity index (χ4v) is 3.07. The van der Waals surface area contributed by atoms with Crippen LogP contribution in [0.25, 0.3) is 0 Å². The summed E-state index contributed by atoms with van der Waals surface area (Å²) in [5, 5.41) is 8.48. The second-order valence-electron chi connectivity index (χ2n) is 4.87. The van der Waals surface area contributed by atoms with Gasteiger partial charge >= 0.3 is 5.97 Å². The van der Waals surface area contributed by atoms with E-state index in [0.29, 0.717) is 12.3 Å². The molecule has 0 amide bonds. The normalized spacial score (nSPS) is 16.8. The molecule has 0 spiro atoms. The number of nitrogens with two attached hydrogens (primary N) is 1. The molecule has 0 aliphatic heterocycles. The molecule has 5 nitrogen and oxygen atoms in total. The number of carbonyl (C=O) groups is 1. The minimum absolute atomic E-state index is 0.0628. The van der Waals surface area contributed by atoms with Crippen LogP contribution >= 0.6 is 7.37 Å². The van der Waals surface area contributed by atoms with Crippen molar-refractivity contribution in [2.24, 2.45) is 11.7 Å². The monoisotopic (exact) mass is 265 g/mol. The minimum Gasteiger partial charge on any atom is -0.481 e. The Labute approximate surface area is 103 Å². The molecule has 0 radical (unpaired) electrons. The second kappa shape index (κ2) is 7.85. The molecule has 0 aromatic carbocycles. The van der Waals surface area contributed by atoms with Crippen molar-refractivity contribution in [2.45, 2.75) is 51.7 Å². The third kappa shape index (κ3) is 8.36. The molecular weight excluding hydrogens is 241 g/mol. The summed E-state index contributed by atoms with van der Waals surface area (Å²) in [7, 11) is -3.39. The van der Waals surface area contributed by atoms with Crippen molar-refractivity contribution in [1.82, 2.24) is 0 Å². The van der Waals surface area contributed by atoms with Crippen molar-refractivity contribution < 1.29 is 19.4 Å².